The van der Waals surface area contributed by atoms with E-state index in [2.05, 4.69) is 52.7 Å². The minimum absolute atomic E-state index is 0.513. The number of hydrogen-bond acceptors (Lipinski definition) is 3. The van der Waals surface area contributed by atoms with E-state index in [0.29, 0.717) is 6.04 Å². The van der Waals surface area contributed by atoms with E-state index in [9.17, 15) is 0 Å². The van der Waals surface area contributed by atoms with Gasteiger partial charge in [-0.2, -0.15) is 16.4 Å². The molecule has 1 N–H and O–H groups in total. The molecule has 0 bridgehead atoms. The van der Waals surface area contributed by atoms with Crippen molar-refractivity contribution in [3.05, 3.63) is 39.8 Å². The lowest BCUT2D eigenvalue weighted by Gasteiger charge is -2.08. The third-order valence-electron chi connectivity index (χ3n) is 3.10. The predicted octanol–water partition coefficient (Wildman–Crippen LogP) is 2.99. The summed E-state index contributed by atoms with van der Waals surface area (Å²) in [6.07, 6.45) is 3.04. The zero-order chi connectivity index (χ0) is 13.0. The number of nitrogens with zero attached hydrogens (tertiary/aromatic N) is 2. The number of aromatic nitrogens is 2. The van der Waals surface area contributed by atoms with E-state index in [-0.39, 0.29) is 0 Å². The van der Waals surface area contributed by atoms with Crippen LogP contribution in [0.5, 0.6) is 0 Å². The lowest BCUT2D eigenvalue weighted by molar-refractivity contribution is 0.578. The second-order valence-corrected chi connectivity index (χ2v) is 5.68. The van der Waals surface area contributed by atoms with Gasteiger partial charge >= 0.3 is 0 Å². The molecular formula is C14H21N3S. The number of nitrogens with one attached hydrogen (secondary N) is 1. The zero-order valence-electron chi connectivity index (χ0n) is 11.3. The van der Waals surface area contributed by atoms with E-state index in [1.54, 1.807) is 11.3 Å². The Morgan fingerprint density at radius 2 is 2.28 bits per heavy atom. The van der Waals surface area contributed by atoms with Gasteiger partial charge in [0.2, 0.25) is 0 Å². The third-order valence-corrected chi connectivity index (χ3v) is 3.83. The van der Waals surface area contributed by atoms with E-state index in [0.717, 1.165) is 19.5 Å². The van der Waals surface area contributed by atoms with Crippen LogP contribution in [0, 0.1) is 6.92 Å². The van der Waals surface area contributed by atoms with Crippen molar-refractivity contribution in [2.24, 2.45) is 0 Å². The molecular weight excluding hydrogens is 242 g/mol. The first-order valence-corrected chi connectivity index (χ1v) is 7.37. The van der Waals surface area contributed by atoms with Crippen LogP contribution in [0.15, 0.2) is 23.0 Å². The van der Waals surface area contributed by atoms with Crippen LogP contribution < -0.4 is 5.32 Å². The van der Waals surface area contributed by atoms with Crippen molar-refractivity contribution in [2.45, 2.75) is 46.3 Å². The molecule has 0 spiro atoms. The minimum Gasteiger partial charge on any atom is -0.310 e. The standard InChI is InChI=1S/C14H21N3S/c1-11(2)15-8-14-9-16-17(12(14)3)6-4-13-5-7-18-10-13/h5,7,9-11,15H,4,6,8H2,1-3H3. The molecule has 0 atom stereocenters. The summed E-state index contributed by atoms with van der Waals surface area (Å²) >= 11 is 1.76. The SMILES string of the molecule is Cc1c(CNC(C)C)cnn1CCc1ccsc1. The molecule has 2 aromatic heterocycles. The summed E-state index contributed by atoms with van der Waals surface area (Å²) in [5, 5.41) is 12.2. The minimum atomic E-state index is 0.513. The van der Waals surface area contributed by atoms with Gasteiger partial charge in [0.1, 0.15) is 0 Å². The van der Waals surface area contributed by atoms with Gasteiger partial charge in [-0.15, -0.1) is 0 Å². The molecule has 0 saturated carbocycles. The first kappa shape index (κ1) is 13.3. The molecule has 18 heavy (non-hydrogen) atoms. The van der Waals surface area contributed by atoms with Crippen molar-refractivity contribution in [1.82, 2.24) is 15.1 Å². The molecule has 2 aromatic rings. The summed E-state index contributed by atoms with van der Waals surface area (Å²) in [4.78, 5) is 0. The summed E-state index contributed by atoms with van der Waals surface area (Å²) < 4.78 is 2.11. The number of aryl methyl sites for hydroxylation is 2. The molecule has 0 radical (unpaired) electrons. The van der Waals surface area contributed by atoms with Gasteiger partial charge in [-0.25, -0.2) is 0 Å². The molecule has 0 amide bonds. The smallest absolute Gasteiger partial charge is 0.0537 e. The number of thiophene rings is 1. The molecule has 0 fully saturated rings. The van der Waals surface area contributed by atoms with Crippen molar-refractivity contribution >= 4 is 11.3 Å². The Balaban J connectivity index is 1.93. The van der Waals surface area contributed by atoms with Gasteiger partial charge in [0.25, 0.3) is 0 Å². The molecule has 0 unspecified atom stereocenters. The molecule has 0 aliphatic heterocycles. The van der Waals surface area contributed by atoms with Crippen LogP contribution in [0.25, 0.3) is 0 Å². The predicted molar refractivity (Wildman–Crippen MR) is 77.0 cm³/mol. The average molecular weight is 263 g/mol. The van der Waals surface area contributed by atoms with Crippen LogP contribution in [0.4, 0.5) is 0 Å². The van der Waals surface area contributed by atoms with E-state index >= 15 is 0 Å². The van der Waals surface area contributed by atoms with Crippen LogP contribution >= 0.6 is 11.3 Å². The Morgan fingerprint density at radius 3 is 2.94 bits per heavy atom. The highest BCUT2D eigenvalue weighted by Gasteiger charge is 2.06. The third kappa shape index (κ3) is 3.43. The average Bonchev–Trinajstić information content (AvgIpc) is 2.94. The van der Waals surface area contributed by atoms with E-state index < -0.39 is 0 Å². The van der Waals surface area contributed by atoms with Gasteiger partial charge in [-0.3, -0.25) is 4.68 Å². The topological polar surface area (TPSA) is 29.9 Å². The fraction of sp³-hybridized carbons (Fsp3) is 0.500. The van der Waals surface area contributed by atoms with Gasteiger partial charge in [-0.1, -0.05) is 13.8 Å². The van der Waals surface area contributed by atoms with Gasteiger partial charge in [0.15, 0.2) is 0 Å². The van der Waals surface area contributed by atoms with Gasteiger partial charge < -0.3 is 5.32 Å². The molecule has 0 saturated heterocycles. The quantitative estimate of drug-likeness (QED) is 0.868. The summed E-state index contributed by atoms with van der Waals surface area (Å²) in [5.74, 6) is 0. The van der Waals surface area contributed by atoms with Gasteiger partial charge in [0, 0.05) is 30.4 Å². The second-order valence-electron chi connectivity index (χ2n) is 4.90. The van der Waals surface area contributed by atoms with E-state index in [1.807, 2.05) is 6.20 Å². The molecule has 4 heteroatoms. The molecule has 0 aliphatic rings. The lowest BCUT2D eigenvalue weighted by Crippen LogP contribution is -2.22. The highest BCUT2D eigenvalue weighted by molar-refractivity contribution is 7.07. The molecule has 98 valence electrons. The fourth-order valence-electron chi connectivity index (χ4n) is 1.87. The maximum absolute atomic E-state index is 4.47. The van der Waals surface area contributed by atoms with Crippen molar-refractivity contribution in [2.75, 3.05) is 0 Å². The van der Waals surface area contributed by atoms with E-state index in [1.165, 1.54) is 16.8 Å². The van der Waals surface area contributed by atoms with Crippen molar-refractivity contribution in [3.63, 3.8) is 0 Å². The fourth-order valence-corrected chi connectivity index (χ4v) is 2.57. The first-order valence-electron chi connectivity index (χ1n) is 6.42. The summed E-state index contributed by atoms with van der Waals surface area (Å²) in [6.45, 7) is 8.34. The number of hydrogen-bond donors (Lipinski definition) is 1. The second kappa shape index (κ2) is 6.16. The van der Waals surface area contributed by atoms with Crippen LogP contribution in [0.3, 0.4) is 0 Å². The first-order chi connectivity index (χ1) is 8.66. The monoisotopic (exact) mass is 263 g/mol. The largest absolute Gasteiger partial charge is 0.310 e. The number of rotatable bonds is 6. The Morgan fingerprint density at radius 1 is 1.44 bits per heavy atom. The normalized spacial score (nSPS) is 11.3. The van der Waals surface area contributed by atoms with Gasteiger partial charge in [0.05, 0.1) is 6.20 Å². The molecule has 3 nitrogen and oxygen atoms in total. The molecule has 0 aromatic carbocycles. The highest BCUT2D eigenvalue weighted by atomic mass is 32.1. The molecule has 2 heterocycles. The molecule has 0 aliphatic carbocycles. The van der Waals surface area contributed by atoms with Crippen molar-refractivity contribution in [3.8, 4) is 0 Å². The van der Waals surface area contributed by atoms with Gasteiger partial charge in [-0.05, 0) is 35.7 Å². The summed E-state index contributed by atoms with van der Waals surface area (Å²) in [7, 11) is 0. The van der Waals surface area contributed by atoms with Crippen molar-refractivity contribution < 1.29 is 0 Å². The van der Waals surface area contributed by atoms with Crippen LogP contribution in [0.1, 0.15) is 30.7 Å². The van der Waals surface area contributed by atoms with Crippen LogP contribution in [-0.4, -0.2) is 15.8 Å². The molecule has 2 rings (SSSR count). The zero-order valence-corrected chi connectivity index (χ0v) is 12.1. The Kier molecular flexibility index (Phi) is 4.55. The van der Waals surface area contributed by atoms with Crippen LogP contribution in [-0.2, 0) is 19.5 Å². The Bertz CT molecular complexity index is 471. The maximum Gasteiger partial charge on any atom is 0.0537 e. The summed E-state index contributed by atoms with van der Waals surface area (Å²) in [6, 6.07) is 2.70. The highest BCUT2D eigenvalue weighted by Crippen LogP contribution is 2.11. The Labute approximate surface area is 113 Å². The van der Waals surface area contributed by atoms with Crippen molar-refractivity contribution in [1.29, 1.82) is 0 Å². The van der Waals surface area contributed by atoms with E-state index in [4.69, 9.17) is 0 Å². The Hall–Kier alpha value is -1.13. The summed E-state index contributed by atoms with van der Waals surface area (Å²) in [5.41, 5.74) is 3.98. The van der Waals surface area contributed by atoms with Crippen LogP contribution in [0.2, 0.25) is 0 Å². The lowest BCUT2D eigenvalue weighted by atomic mass is 10.2. The maximum atomic E-state index is 4.47.